The van der Waals surface area contributed by atoms with Crippen molar-refractivity contribution in [1.29, 1.82) is 0 Å². The van der Waals surface area contributed by atoms with E-state index >= 15 is 0 Å². The molecule has 1 aromatic heterocycles. The van der Waals surface area contributed by atoms with Crippen LogP contribution in [0.1, 0.15) is 38.8 Å². The molecule has 0 spiro atoms. The molecule has 1 unspecified atom stereocenters. The first-order chi connectivity index (χ1) is 9.19. The van der Waals surface area contributed by atoms with Gasteiger partial charge in [0.05, 0.1) is 0 Å². The lowest BCUT2D eigenvalue weighted by Gasteiger charge is -2.19. The summed E-state index contributed by atoms with van der Waals surface area (Å²) in [6.07, 6.45) is -1.70. The summed E-state index contributed by atoms with van der Waals surface area (Å²) in [5, 5.41) is 3.04. The predicted molar refractivity (Wildman–Crippen MR) is 69.9 cm³/mol. The van der Waals surface area contributed by atoms with Gasteiger partial charge in [0.2, 0.25) is 5.95 Å². The van der Waals surface area contributed by atoms with Crippen molar-refractivity contribution < 1.29 is 13.2 Å². The van der Waals surface area contributed by atoms with E-state index in [4.69, 9.17) is 5.84 Å². The third-order valence-corrected chi connectivity index (χ3v) is 3.47. The first kappa shape index (κ1) is 14.8. The Morgan fingerprint density at radius 2 is 2.05 bits per heavy atom. The minimum Gasteiger partial charge on any atom is -0.367 e. The monoisotopic (exact) mass is 289 g/mol. The van der Waals surface area contributed by atoms with E-state index < -0.39 is 11.9 Å². The average Bonchev–Trinajstić information content (AvgIpc) is 2.67. The highest BCUT2D eigenvalue weighted by Crippen LogP contribution is 2.38. The predicted octanol–water partition coefficient (Wildman–Crippen LogP) is 2.77. The minimum atomic E-state index is -4.53. The Kier molecular flexibility index (Phi) is 3.77. The number of nitrogen functional groups attached to an aromatic ring is 1. The van der Waals surface area contributed by atoms with Gasteiger partial charge in [-0.3, -0.25) is 5.43 Å². The molecule has 0 saturated heterocycles. The molecule has 20 heavy (non-hydrogen) atoms. The van der Waals surface area contributed by atoms with E-state index in [0.29, 0.717) is 0 Å². The molecular weight excluding hydrogens is 271 g/mol. The third-order valence-electron chi connectivity index (χ3n) is 3.47. The van der Waals surface area contributed by atoms with Crippen LogP contribution in [0, 0.1) is 5.41 Å². The van der Waals surface area contributed by atoms with Gasteiger partial charge in [-0.1, -0.05) is 13.8 Å². The van der Waals surface area contributed by atoms with Crippen molar-refractivity contribution in [3.8, 4) is 0 Å². The fourth-order valence-electron chi connectivity index (χ4n) is 2.50. The second-order valence-electron chi connectivity index (χ2n) is 5.85. The van der Waals surface area contributed by atoms with Gasteiger partial charge in [0.15, 0.2) is 5.69 Å². The molecular formula is C12H18F3N5. The Morgan fingerprint density at radius 1 is 1.35 bits per heavy atom. The molecule has 1 fully saturated rings. The number of anilines is 2. The summed E-state index contributed by atoms with van der Waals surface area (Å²) in [5.41, 5.74) is 1.25. The maximum atomic E-state index is 12.7. The number of rotatable bonds is 3. The second kappa shape index (κ2) is 5.08. The zero-order valence-corrected chi connectivity index (χ0v) is 11.4. The van der Waals surface area contributed by atoms with Crippen LogP contribution in [-0.4, -0.2) is 16.0 Å². The van der Waals surface area contributed by atoms with Gasteiger partial charge in [0.1, 0.15) is 5.82 Å². The van der Waals surface area contributed by atoms with E-state index in [0.717, 1.165) is 25.3 Å². The summed E-state index contributed by atoms with van der Waals surface area (Å²) in [6.45, 7) is 4.28. The van der Waals surface area contributed by atoms with Crippen molar-refractivity contribution in [3.05, 3.63) is 11.8 Å². The third kappa shape index (κ3) is 3.50. The van der Waals surface area contributed by atoms with Crippen LogP contribution >= 0.6 is 0 Å². The van der Waals surface area contributed by atoms with Gasteiger partial charge in [-0.2, -0.15) is 18.2 Å². The van der Waals surface area contributed by atoms with Crippen molar-refractivity contribution in [3.63, 3.8) is 0 Å². The zero-order valence-electron chi connectivity index (χ0n) is 11.4. The molecule has 8 heteroatoms. The molecule has 1 atom stereocenters. The Hall–Kier alpha value is -1.57. The quantitative estimate of drug-likeness (QED) is 0.589. The van der Waals surface area contributed by atoms with Gasteiger partial charge in [0, 0.05) is 12.1 Å². The molecule has 112 valence electrons. The largest absolute Gasteiger partial charge is 0.433 e. The van der Waals surface area contributed by atoms with Crippen LogP contribution in [0.25, 0.3) is 0 Å². The van der Waals surface area contributed by atoms with Gasteiger partial charge >= 0.3 is 6.18 Å². The lowest BCUT2D eigenvalue weighted by atomic mass is 9.92. The first-order valence-electron chi connectivity index (χ1n) is 6.39. The summed E-state index contributed by atoms with van der Waals surface area (Å²) in [4.78, 5) is 7.23. The van der Waals surface area contributed by atoms with Crippen LogP contribution in [0.2, 0.25) is 0 Å². The topological polar surface area (TPSA) is 75.9 Å². The van der Waals surface area contributed by atoms with Crippen molar-refractivity contribution in [2.75, 3.05) is 10.7 Å². The standard InChI is InChI=1S/C12H18F3N5/c1-11(2)4-3-7(6-11)17-9-5-8(12(13,14)15)18-10(19-9)20-16/h5,7H,3-4,6,16H2,1-2H3,(H2,17,18,19,20). The molecule has 1 heterocycles. The van der Waals surface area contributed by atoms with Crippen LogP contribution < -0.4 is 16.6 Å². The van der Waals surface area contributed by atoms with Crippen molar-refractivity contribution in [2.45, 2.75) is 45.3 Å². The van der Waals surface area contributed by atoms with Crippen LogP contribution in [0.15, 0.2) is 6.07 Å². The molecule has 1 aromatic rings. The molecule has 1 aliphatic rings. The smallest absolute Gasteiger partial charge is 0.367 e. The Morgan fingerprint density at radius 3 is 2.55 bits per heavy atom. The van der Waals surface area contributed by atoms with Crippen LogP contribution in [0.3, 0.4) is 0 Å². The molecule has 2 rings (SSSR count). The highest BCUT2D eigenvalue weighted by Gasteiger charge is 2.35. The number of halogens is 3. The second-order valence-corrected chi connectivity index (χ2v) is 5.85. The lowest BCUT2D eigenvalue weighted by Crippen LogP contribution is -2.21. The van der Waals surface area contributed by atoms with Crippen molar-refractivity contribution in [2.24, 2.45) is 11.3 Å². The van der Waals surface area contributed by atoms with Gasteiger partial charge in [-0.05, 0) is 24.7 Å². The highest BCUT2D eigenvalue weighted by atomic mass is 19.4. The van der Waals surface area contributed by atoms with E-state index in [-0.39, 0.29) is 23.2 Å². The first-order valence-corrected chi connectivity index (χ1v) is 6.39. The molecule has 0 aromatic carbocycles. The highest BCUT2D eigenvalue weighted by molar-refractivity contribution is 5.43. The van der Waals surface area contributed by atoms with Crippen LogP contribution in [0.5, 0.6) is 0 Å². The SMILES string of the molecule is CC1(C)CCC(Nc2cc(C(F)(F)F)nc(NN)n2)C1. The van der Waals surface area contributed by atoms with Gasteiger partial charge < -0.3 is 5.32 Å². The van der Waals surface area contributed by atoms with E-state index in [1.807, 2.05) is 0 Å². The Balaban J connectivity index is 2.19. The molecule has 1 aliphatic carbocycles. The molecule has 1 saturated carbocycles. The number of aromatic nitrogens is 2. The molecule has 0 radical (unpaired) electrons. The van der Waals surface area contributed by atoms with Crippen molar-refractivity contribution >= 4 is 11.8 Å². The van der Waals surface area contributed by atoms with Gasteiger partial charge in [-0.15, -0.1) is 0 Å². The average molecular weight is 289 g/mol. The number of hydrogen-bond acceptors (Lipinski definition) is 5. The van der Waals surface area contributed by atoms with Gasteiger partial charge in [-0.25, -0.2) is 10.8 Å². The molecule has 0 bridgehead atoms. The fraction of sp³-hybridized carbons (Fsp3) is 0.667. The van der Waals surface area contributed by atoms with E-state index in [1.165, 1.54) is 0 Å². The van der Waals surface area contributed by atoms with E-state index in [9.17, 15) is 13.2 Å². The molecule has 5 nitrogen and oxygen atoms in total. The Bertz CT molecular complexity index is 486. The fourth-order valence-corrected chi connectivity index (χ4v) is 2.50. The number of nitrogens with zero attached hydrogens (tertiary/aromatic N) is 2. The number of nitrogens with one attached hydrogen (secondary N) is 2. The number of alkyl halides is 3. The minimum absolute atomic E-state index is 0.117. The number of hydrogen-bond donors (Lipinski definition) is 3. The molecule has 4 N–H and O–H groups in total. The number of nitrogens with two attached hydrogens (primary N) is 1. The van der Waals surface area contributed by atoms with E-state index in [1.54, 1.807) is 0 Å². The maximum absolute atomic E-state index is 12.7. The number of hydrazine groups is 1. The maximum Gasteiger partial charge on any atom is 0.433 e. The zero-order chi connectivity index (χ0) is 15.0. The van der Waals surface area contributed by atoms with Crippen molar-refractivity contribution in [1.82, 2.24) is 9.97 Å². The molecule has 0 aliphatic heterocycles. The van der Waals surface area contributed by atoms with E-state index in [2.05, 4.69) is 34.6 Å². The summed E-state index contributed by atoms with van der Waals surface area (Å²) in [5.74, 6) is 5.00. The summed E-state index contributed by atoms with van der Waals surface area (Å²) in [6, 6.07) is 1.03. The Labute approximate surface area is 115 Å². The molecule has 0 amide bonds. The van der Waals surface area contributed by atoms with Crippen LogP contribution in [-0.2, 0) is 6.18 Å². The summed E-state index contributed by atoms with van der Waals surface area (Å²) in [7, 11) is 0. The lowest BCUT2D eigenvalue weighted by molar-refractivity contribution is -0.141. The summed E-state index contributed by atoms with van der Waals surface area (Å²) < 4.78 is 38.2. The summed E-state index contributed by atoms with van der Waals surface area (Å²) >= 11 is 0. The van der Waals surface area contributed by atoms with Crippen LogP contribution in [0.4, 0.5) is 24.9 Å². The van der Waals surface area contributed by atoms with Gasteiger partial charge in [0.25, 0.3) is 0 Å². The normalized spacial score (nSPS) is 21.8.